The number of benzene rings is 1. The van der Waals surface area contributed by atoms with Crippen LogP contribution in [0.2, 0.25) is 0 Å². The zero-order valence-corrected chi connectivity index (χ0v) is 16.2. The highest BCUT2D eigenvalue weighted by Gasteiger charge is 2.32. The lowest BCUT2D eigenvalue weighted by atomic mass is 9.92. The summed E-state index contributed by atoms with van der Waals surface area (Å²) in [5.74, 6) is 0. The second kappa shape index (κ2) is 6.48. The molecule has 3 rings (SSSR count). The van der Waals surface area contributed by atoms with Crippen molar-refractivity contribution in [3.63, 3.8) is 0 Å². The molecule has 1 heterocycles. The Labute approximate surface area is 150 Å². The molecule has 0 bridgehead atoms. The van der Waals surface area contributed by atoms with Crippen LogP contribution in [0, 0.1) is 6.92 Å². The van der Waals surface area contributed by atoms with Gasteiger partial charge in [-0.3, -0.25) is 9.40 Å². The van der Waals surface area contributed by atoms with Crippen molar-refractivity contribution in [1.82, 2.24) is 9.78 Å². The molecule has 1 aromatic heterocycles. The maximum absolute atomic E-state index is 13.1. The highest BCUT2D eigenvalue weighted by molar-refractivity contribution is 7.92. The van der Waals surface area contributed by atoms with E-state index in [1.165, 1.54) is 12.8 Å². The van der Waals surface area contributed by atoms with Crippen molar-refractivity contribution >= 4 is 15.7 Å². The molecule has 1 aliphatic carbocycles. The molecule has 0 amide bonds. The molecule has 0 radical (unpaired) electrons. The van der Waals surface area contributed by atoms with Crippen LogP contribution in [-0.2, 0) is 15.4 Å². The van der Waals surface area contributed by atoms with Crippen LogP contribution in [0.4, 0.5) is 5.69 Å². The summed E-state index contributed by atoms with van der Waals surface area (Å²) in [6.45, 7) is 7.90. The Hall–Kier alpha value is -1.82. The van der Waals surface area contributed by atoms with Gasteiger partial charge >= 0.3 is 0 Å². The smallest absolute Gasteiger partial charge is 0.265 e. The van der Waals surface area contributed by atoms with Gasteiger partial charge in [-0.05, 0) is 31.4 Å². The SMILES string of the molecule is Cc1ccccc1NS(=O)(=O)c1cn(C2CCCC2)nc1C(C)(C)C. The van der Waals surface area contributed by atoms with Crippen molar-refractivity contribution in [3.05, 3.63) is 41.7 Å². The molecule has 25 heavy (non-hydrogen) atoms. The Morgan fingerprint density at radius 1 is 1.16 bits per heavy atom. The van der Waals surface area contributed by atoms with E-state index in [2.05, 4.69) is 4.72 Å². The summed E-state index contributed by atoms with van der Waals surface area (Å²) in [6.07, 6.45) is 6.21. The van der Waals surface area contributed by atoms with E-state index in [1.807, 2.05) is 50.6 Å². The van der Waals surface area contributed by atoms with Gasteiger partial charge in [0.15, 0.2) is 0 Å². The molecule has 2 aromatic rings. The molecular formula is C19H27N3O2S. The Morgan fingerprint density at radius 3 is 2.40 bits per heavy atom. The number of aryl methyl sites for hydroxylation is 1. The van der Waals surface area contributed by atoms with Crippen LogP contribution in [0.1, 0.15) is 63.8 Å². The van der Waals surface area contributed by atoms with Crippen molar-refractivity contribution < 1.29 is 8.42 Å². The summed E-state index contributed by atoms with van der Waals surface area (Å²) < 4.78 is 30.8. The third kappa shape index (κ3) is 3.73. The van der Waals surface area contributed by atoms with E-state index in [-0.39, 0.29) is 10.3 Å². The maximum atomic E-state index is 13.1. The first-order valence-electron chi connectivity index (χ1n) is 8.86. The van der Waals surface area contributed by atoms with Gasteiger partial charge in [-0.2, -0.15) is 5.10 Å². The molecule has 1 N–H and O–H groups in total. The molecule has 0 saturated heterocycles. The zero-order chi connectivity index (χ0) is 18.2. The number of hydrogen-bond acceptors (Lipinski definition) is 3. The third-order valence-electron chi connectivity index (χ3n) is 4.79. The topological polar surface area (TPSA) is 64.0 Å². The van der Waals surface area contributed by atoms with Crippen LogP contribution in [0.5, 0.6) is 0 Å². The number of rotatable bonds is 4. The minimum atomic E-state index is -3.69. The Bertz CT molecular complexity index is 857. The maximum Gasteiger partial charge on any atom is 0.265 e. The average molecular weight is 362 g/mol. The fourth-order valence-electron chi connectivity index (χ4n) is 3.33. The Kier molecular flexibility index (Phi) is 4.66. The molecule has 1 aliphatic rings. The minimum absolute atomic E-state index is 0.287. The number of nitrogens with zero attached hydrogens (tertiary/aromatic N) is 2. The van der Waals surface area contributed by atoms with Crippen LogP contribution in [0.3, 0.4) is 0 Å². The third-order valence-corrected chi connectivity index (χ3v) is 6.15. The van der Waals surface area contributed by atoms with Crippen LogP contribution < -0.4 is 4.72 Å². The van der Waals surface area contributed by atoms with Crippen molar-refractivity contribution in [2.75, 3.05) is 4.72 Å². The zero-order valence-electron chi connectivity index (χ0n) is 15.4. The largest absolute Gasteiger partial charge is 0.279 e. The van der Waals surface area contributed by atoms with Crippen LogP contribution in [-0.4, -0.2) is 18.2 Å². The molecule has 1 saturated carbocycles. The number of hydrogen-bond donors (Lipinski definition) is 1. The van der Waals surface area contributed by atoms with E-state index in [0.29, 0.717) is 17.4 Å². The first-order valence-corrected chi connectivity index (χ1v) is 10.3. The Morgan fingerprint density at radius 2 is 1.80 bits per heavy atom. The second-order valence-corrected chi connectivity index (χ2v) is 9.58. The molecular weight excluding hydrogens is 334 g/mol. The summed E-state index contributed by atoms with van der Waals surface area (Å²) >= 11 is 0. The highest BCUT2D eigenvalue weighted by Crippen LogP contribution is 2.34. The quantitative estimate of drug-likeness (QED) is 0.877. The van der Waals surface area contributed by atoms with Crippen molar-refractivity contribution in [2.24, 2.45) is 0 Å². The van der Waals surface area contributed by atoms with Crippen LogP contribution in [0.25, 0.3) is 0 Å². The van der Waals surface area contributed by atoms with Crippen molar-refractivity contribution in [1.29, 1.82) is 0 Å². The molecule has 0 atom stereocenters. The second-order valence-electron chi connectivity index (χ2n) is 7.93. The van der Waals surface area contributed by atoms with Gasteiger partial charge in [0.1, 0.15) is 4.90 Å². The van der Waals surface area contributed by atoms with Gasteiger partial charge in [0.25, 0.3) is 10.0 Å². The normalized spacial score (nSPS) is 16.3. The standard InChI is InChI=1S/C19H27N3O2S/c1-14-9-5-8-12-16(14)21-25(23,24)17-13-22(15-10-6-7-11-15)20-18(17)19(2,3)4/h5,8-9,12-13,15,21H,6-7,10-11H2,1-4H3. The van der Waals surface area contributed by atoms with Crippen LogP contribution in [0.15, 0.2) is 35.4 Å². The predicted molar refractivity (Wildman–Crippen MR) is 100 cm³/mol. The predicted octanol–water partition coefficient (Wildman–Crippen LogP) is 4.40. The van der Waals surface area contributed by atoms with Gasteiger partial charge in [-0.15, -0.1) is 0 Å². The van der Waals surface area contributed by atoms with E-state index < -0.39 is 10.0 Å². The van der Waals surface area contributed by atoms with Gasteiger partial charge < -0.3 is 0 Å². The lowest BCUT2D eigenvalue weighted by molar-refractivity contribution is 0.448. The van der Waals surface area contributed by atoms with Crippen molar-refractivity contribution in [2.45, 2.75) is 69.7 Å². The summed E-state index contributed by atoms with van der Waals surface area (Å²) in [5.41, 5.74) is 1.78. The molecule has 136 valence electrons. The Balaban J connectivity index is 2.03. The van der Waals surface area contributed by atoms with E-state index >= 15 is 0 Å². The van der Waals surface area contributed by atoms with Gasteiger partial charge in [-0.25, -0.2) is 8.42 Å². The monoisotopic (exact) mass is 361 g/mol. The molecule has 0 aliphatic heterocycles. The fourth-order valence-corrected chi connectivity index (χ4v) is 4.81. The fraction of sp³-hybridized carbons (Fsp3) is 0.526. The van der Waals surface area contributed by atoms with Crippen LogP contribution >= 0.6 is 0 Å². The molecule has 0 spiro atoms. The molecule has 0 unspecified atom stereocenters. The molecule has 5 nitrogen and oxygen atoms in total. The molecule has 1 aromatic carbocycles. The van der Waals surface area contributed by atoms with Gasteiger partial charge in [0.2, 0.25) is 0 Å². The first-order chi connectivity index (χ1) is 11.7. The summed E-state index contributed by atoms with van der Waals surface area (Å²) in [7, 11) is -3.69. The van der Waals surface area contributed by atoms with Crippen molar-refractivity contribution in [3.8, 4) is 0 Å². The highest BCUT2D eigenvalue weighted by atomic mass is 32.2. The van der Waals surface area contributed by atoms with E-state index in [9.17, 15) is 8.42 Å². The lowest BCUT2D eigenvalue weighted by Gasteiger charge is -2.18. The number of aromatic nitrogens is 2. The van der Waals surface area contributed by atoms with E-state index in [1.54, 1.807) is 12.3 Å². The number of nitrogens with one attached hydrogen (secondary N) is 1. The van der Waals surface area contributed by atoms with Gasteiger partial charge in [-0.1, -0.05) is 51.8 Å². The summed E-state index contributed by atoms with van der Waals surface area (Å²) in [6, 6.07) is 7.71. The number of anilines is 1. The van der Waals surface area contributed by atoms with E-state index in [4.69, 9.17) is 5.10 Å². The van der Waals surface area contributed by atoms with Gasteiger partial charge in [0.05, 0.1) is 17.4 Å². The number of sulfonamides is 1. The molecule has 6 heteroatoms. The first kappa shape index (κ1) is 18.0. The lowest BCUT2D eigenvalue weighted by Crippen LogP contribution is -2.20. The summed E-state index contributed by atoms with van der Waals surface area (Å²) in [4.78, 5) is 0.287. The molecule has 1 fully saturated rings. The minimum Gasteiger partial charge on any atom is -0.279 e. The summed E-state index contributed by atoms with van der Waals surface area (Å²) in [5, 5.41) is 4.69. The average Bonchev–Trinajstić information content (AvgIpc) is 3.17. The van der Waals surface area contributed by atoms with Gasteiger partial charge in [0, 0.05) is 11.6 Å². The van der Waals surface area contributed by atoms with E-state index in [0.717, 1.165) is 18.4 Å². The number of para-hydroxylation sites is 1.